The molecule has 0 bridgehead atoms. The molecule has 2 aromatic rings. The first kappa shape index (κ1) is 18.1. The van der Waals surface area contributed by atoms with Crippen LogP contribution in [0, 0.1) is 0 Å². The van der Waals surface area contributed by atoms with Crippen molar-refractivity contribution in [1.29, 1.82) is 0 Å². The lowest BCUT2D eigenvalue weighted by Crippen LogP contribution is -2.53. The van der Waals surface area contributed by atoms with E-state index in [1.165, 1.54) is 6.33 Å². The van der Waals surface area contributed by atoms with Crippen molar-refractivity contribution in [3.8, 4) is 0 Å². The molecule has 7 nitrogen and oxygen atoms in total. The summed E-state index contributed by atoms with van der Waals surface area (Å²) in [4.78, 5) is 24.6. The number of piperazine rings is 1. The third kappa shape index (κ3) is 4.29. The van der Waals surface area contributed by atoms with Crippen molar-refractivity contribution in [2.75, 3.05) is 36.4 Å². The van der Waals surface area contributed by atoms with Crippen molar-refractivity contribution < 1.29 is 9.90 Å². The fourth-order valence-electron chi connectivity index (χ4n) is 3.04. The van der Waals surface area contributed by atoms with Crippen LogP contribution in [0.2, 0.25) is 0 Å². The zero-order valence-corrected chi connectivity index (χ0v) is 15.2. The van der Waals surface area contributed by atoms with Gasteiger partial charge in [-0.05, 0) is 19.4 Å². The van der Waals surface area contributed by atoms with Gasteiger partial charge in [0.05, 0.1) is 12.6 Å². The number of benzene rings is 1. The largest absolute Gasteiger partial charge is 0.387 e. The van der Waals surface area contributed by atoms with Crippen LogP contribution >= 0.6 is 0 Å². The number of hydrogen-bond donors (Lipinski definition) is 2. The number of amides is 1. The molecule has 26 heavy (non-hydrogen) atoms. The molecule has 2 heterocycles. The Balaban J connectivity index is 1.61. The molecule has 1 saturated heterocycles. The van der Waals surface area contributed by atoms with Gasteiger partial charge < -0.3 is 20.2 Å². The van der Waals surface area contributed by atoms with E-state index in [-0.39, 0.29) is 11.9 Å². The van der Waals surface area contributed by atoms with Crippen LogP contribution in [0.3, 0.4) is 0 Å². The molecule has 0 aliphatic carbocycles. The van der Waals surface area contributed by atoms with Gasteiger partial charge in [0, 0.05) is 31.7 Å². The predicted molar refractivity (Wildman–Crippen MR) is 101 cm³/mol. The fraction of sp³-hybridized carbons (Fsp3) is 0.421. The molecule has 1 aromatic heterocycles. The topological polar surface area (TPSA) is 81.6 Å². The Kier molecular flexibility index (Phi) is 5.68. The number of carbonyl (C=O) groups excluding carboxylic acids is 1. The normalized spacial score (nSPS) is 16.1. The maximum Gasteiger partial charge on any atom is 0.242 e. The summed E-state index contributed by atoms with van der Waals surface area (Å²) in [5, 5.41) is 13.4. The van der Waals surface area contributed by atoms with E-state index >= 15 is 0 Å². The van der Waals surface area contributed by atoms with Gasteiger partial charge in [-0.2, -0.15) is 0 Å². The van der Waals surface area contributed by atoms with Gasteiger partial charge in [0.1, 0.15) is 18.0 Å². The molecule has 1 fully saturated rings. The van der Waals surface area contributed by atoms with Crippen LogP contribution in [0.1, 0.15) is 25.5 Å². The molecule has 1 aliphatic heterocycles. The summed E-state index contributed by atoms with van der Waals surface area (Å²) in [6, 6.07) is 11.5. The number of aromatic nitrogens is 2. The summed E-state index contributed by atoms with van der Waals surface area (Å²) < 4.78 is 0. The highest BCUT2D eigenvalue weighted by Crippen LogP contribution is 2.19. The molecular weight excluding hydrogens is 330 g/mol. The molecule has 1 unspecified atom stereocenters. The van der Waals surface area contributed by atoms with E-state index < -0.39 is 6.10 Å². The number of nitrogens with one attached hydrogen (secondary N) is 1. The van der Waals surface area contributed by atoms with E-state index in [2.05, 4.69) is 15.3 Å². The summed E-state index contributed by atoms with van der Waals surface area (Å²) in [6.07, 6.45) is 0.858. The molecule has 0 radical (unpaired) electrons. The number of carbonyl (C=O) groups is 1. The second kappa shape index (κ2) is 8.14. The zero-order valence-electron chi connectivity index (χ0n) is 15.2. The Morgan fingerprint density at radius 3 is 2.65 bits per heavy atom. The monoisotopic (exact) mass is 355 g/mol. The lowest BCUT2D eigenvalue weighted by molar-refractivity contribution is -0.132. The highest BCUT2D eigenvalue weighted by atomic mass is 16.3. The lowest BCUT2D eigenvalue weighted by atomic mass is 10.1. The van der Waals surface area contributed by atoms with E-state index in [9.17, 15) is 9.90 Å². The predicted octanol–water partition coefficient (Wildman–Crippen LogP) is 1.68. The van der Waals surface area contributed by atoms with Gasteiger partial charge in [0.15, 0.2) is 0 Å². The summed E-state index contributed by atoms with van der Waals surface area (Å²) in [5.41, 5.74) is 0.852. The van der Waals surface area contributed by atoms with Crippen LogP contribution in [-0.4, -0.2) is 58.1 Å². The smallest absolute Gasteiger partial charge is 0.242 e. The van der Waals surface area contributed by atoms with E-state index in [4.69, 9.17) is 0 Å². The maximum atomic E-state index is 12.3. The Morgan fingerprint density at radius 2 is 1.96 bits per heavy atom. The summed E-state index contributed by atoms with van der Waals surface area (Å²) in [6.45, 7) is 6.15. The Hall–Kier alpha value is -2.67. The molecule has 0 saturated carbocycles. The number of anilines is 2. The van der Waals surface area contributed by atoms with Crippen molar-refractivity contribution >= 4 is 17.5 Å². The van der Waals surface area contributed by atoms with Crippen LogP contribution in [0.15, 0.2) is 42.7 Å². The standard InChI is InChI=1S/C19H25N5O2/c1-14(2)24-9-8-23(12-19(24)26)18-10-17(21-13-22-18)20-11-16(25)15-6-4-3-5-7-15/h3-7,10,13-14,16,25H,8-9,11-12H2,1-2H3,(H,20,21,22). The summed E-state index contributed by atoms with van der Waals surface area (Å²) in [7, 11) is 0. The number of aliphatic hydroxyl groups excluding tert-OH is 1. The van der Waals surface area contributed by atoms with Gasteiger partial charge in [-0.1, -0.05) is 30.3 Å². The minimum Gasteiger partial charge on any atom is -0.387 e. The van der Waals surface area contributed by atoms with E-state index in [0.717, 1.165) is 12.1 Å². The van der Waals surface area contributed by atoms with Crippen LogP contribution in [-0.2, 0) is 4.79 Å². The molecule has 1 aromatic carbocycles. The average molecular weight is 355 g/mol. The zero-order chi connectivity index (χ0) is 18.5. The molecule has 1 amide bonds. The van der Waals surface area contributed by atoms with Gasteiger partial charge in [-0.3, -0.25) is 4.79 Å². The van der Waals surface area contributed by atoms with Gasteiger partial charge in [-0.25, -0.2) is 9.97 Å². The number of nitrogens with zero attached hydrogens (tertiary/aromatic N) is 4. The molecule has 3 rings (SSSR count). The Labute approximate surface area is 153 Å². The van der Waals surface area contributed by atoms with Gasteiger partial charge in [0.25, 0.3) is 0 Å². The van der Waals surface area contributed by atoms with Gasteiger partial charge >= 0.3 is 0 Å². The van der Waals surface area contributed by atoms with Crippen LogP contribution < -0.4 is 10.2 Å². The van der Waals surface area contributed by atoms with Crippen molar-refractivity contribution in [2.24, 2.45) is 0 Å². The first-order valence-corrected chi connectivity index (χ1v) is 8.88. The van der Waals surface area contributed by atoms with Gasteiger partial charge in [-0.15, -0.1) is 0 Å². The van der Waals surface area contributed by atoms with Crippen LogP contribution in [0.4, 0.5) is 11.6 Å². The van der Waals surface area contributed by atoms with E-state index in [1.807, 2.05) is 60.0 Å². The minimum atomic E-state index is -0.620. The van der Waals surface area contributed by atoms with Crippen molar-refractivity contribution in [2.45, 2.75) is 26.0 Å². The van der Waals surface area contributed by atoms with Crippen molar-refractivity contribution in [1.82, 2.24) is 14.9 Å². The number of aliphatic hydroxyl groups is 1. The summed E-state index contributed by atoms with van der Waals surface area (Å²) in [5.74, 6) is 1.45. The van der Waals surface area contributed by atoms with Crippen LogP contribution in [0.25, 0.3) is 0 Å². The molecule has 1 atom stereocenters. The third-order valence-corrected chi connectivity index (χ3v) is 4.52. The van der Waals surface area contributed by atoms with E-state index in [0.29, 0.717) is 31.3 Å². The highest BCUT2D eigenvalue weighted by molar-refractivity contribution is 5.82. The fourth-order valence-corrected chi connectivity index (χ4v) is 3.04. The highest BCUT2D eigenvalue weighted by Gasteiger charge is 2.26. The molecule has 0 spiro atoms. The Morgan fingerprint density at radius 1 is 1.19 bits per heavy atom. The number of hydrogen-bond acceptors (Lipinski definition) is 6. The van der Waals surface area contributed by atoms with Crippen molar-refractivity contribution in [3.05, 3.63) is 48.3 Å². The molecule has 138 valence electrons. The number of rotatable bonds is 6. The van der Waals surface area contributed by atoms with Crippen LogP contribution in [0.5, 0.6) is 0 Å². The lowest BCUT2D eigenvalue weighted by Gasteiger charge is -2.37. The maximum absolute atomic E-state index is 12.3. The first-order valence-electron chi connectivity index (χ1n) is 8.88. The molecule has 1 aliphatic rings. The van der Waals surface area contributed by atoms with E-state index in [1.54, 1.807) is 0 Å². The Bertz CT molecular complexity index is 738. The van der Waals surface area contributed by atoms with Crippen molar-refractivity contribution in [3.63, 3.8) is 0 Å². The molecule has 2 N–H and O–H groups in total. The van der Waals surface area contributed by atoms with Gasteiger partial charge in [0.2, 0.25) is 5.91 Å². The average Bonchev–Trinajstić information content (AvgIpc) is 2.66. The quantitative estimate of drug-likeness (QED) is 0.820. The second-order valence-electron chi connectivity index (χ2n) is 6.67. The summed E-state index contributed by atoms with van der Waals surface area (Å²) >= 11 is 0. The molecule has 7 heteroatoms. The molecular formula is C19H25N5O2. The first-order chi connectivity index (χ1) is 12.5. The second-order valence-corrected chi connectivity index (χ2v) is 6.67. The minimum absolute atomic E-state index is 0.110. The SMILES string of the molecule is CC(C)N1CCN(c2cc(NCC(O)c3ccccc3)ncn2)CC1=O. The third-order valence-electron chi connectivity index (χ3n) is 4.52.